The van der Waals surface area contributed by atoms with Crippen molar-refractivity contribution in [3.05, 3.63) is 6.92 Å². The van der Waals surface area contributed by atoms with Crippen LogP contribution in [0.2, 0.25) is 0 Å². The summed E-state index contributed by atoms with van der Waals surface area (Å²) < 4.78 is 19.6. The number of hydrogen-bond acceptors (Lipinski definition) is 1. The Bertz CT molecular complexity index is 49.3. The molecule has 0 aliphatic heterocycles. The molecule has 41 valence electrons. The van der Waals surface area contributed by atoms with Gasteiger partial charge in [0.2, 0.25) is 0 Å². The average Bonchev–Trinajstić information content (AvgIpc) is 1.33. The zero-order valence-electron chi connectivity index (χ0n) is 3.53. The number of carboxylic acid groups (broad SMARTS) is 1. The molecule has 0 aliphatic rings. The third-order valence-electron chi connectivity index (χ3n) is 0. The van der Waals surface area contributed by atoms with Crippen LogP contribution in [0.15, 0.2) is 0 Å². The molecule has 0 atom stereocenters. The first-order valence-electron chi connectivity index (χ1n) is 1.32. The molecule has 0 aromatic heterocycles. The van der Waals surface area contributed by atoms with Gasteiger partial charge in [-0.3, -0.25) is 4.79 Å². The van der Waals surface area contributed by atoms with Gasteiger partial charge in [0.1, 0.15) is 0 Å². The van der Waals surface area contributed by atoms with Crippen LogP contribution < -0.4 is 0 Å². The van der Waals surface area contributed by atoms with Crippen LogP contribution in [0.1, 0.15) is 0 Å². The molecule has 0 saturated heterocycles. The molecule has 0 heterocycles. The van der Waals surface area contributed by atoms with Crippen molar-refractivity contribution in [3.63, 3.8) is 0 Å². The van der Waals surface area contributed by atoms with Gasteiger partial charge in [0, 0.05) is 0 Å². The molecule has 2 nitrogen and oxygen atoms in total. The van der Waals surface area contributed by atoms with E-state index in [2.05, 4.69) is 6.92 Å². The summed E-state index contributed by atoms with van der Waals surface area (Å²) in [5.41, 5.74) is 0. The minimum atomic E-state index is -2.88. The maximum atomic E-state index is 9.81. The number of carbonyl (C=O) groups is 1. The molecule has 0 amide bonds. The third-order valence-corrected chi connectivity index (χ3v) is 0. The van der Waals surface area contributed by atoms with Gasteiger partial charge in [-0.2, -0.15) is 0 Å². The number of halogens is 2. The van der Waals surface area contributed by atoms with Crippen molar-refractivity contribution in [2.24, 2.45) is 0 Å². The summed E-state index contributed by atoms with van der Waals surface area (Å²) in [6.07, 6.45) is 0. The Labute approximate surface area is 76.7 Å². The van der Waals surface area contributed by atoms with Crippen LogP contribution in [-0.2, 0) is 22.9 Å². The van der Waals surface area contributed by atoms with Crippen LogP contribution >= 0.6 is 0 Å². The maximum absolute atomic E-state index is 9.81. The van der Waals surface area contributed by atoms with E-state index >= 15 is 0 Å². The summed E-state index contributed by atoms with van der Waals surface area (Å²) in [6, 6.07) is 0. The van der Waals surface area contributed by atoms with Crippen LogP contribution in [0.4, 0.5) is 6.63 Å². The zero-order valence-corrected chi connectivity index (χ0v) is 6.49. The molecule has 1 radical (unpaired) electrons. The Morgan fingerprint density at radius 1 is 1.62 bits per heavy atom. The Morgan fingerprint density at radius 2 is 1.62 bits per heavy atom. The molecule has 0 aliphatic carbocycles. The van der Waals surface area contributed by atoms with E-state index in [1.165, 1.54) is 0 Å². The minimum absolute atomic E-state index is 0. The van der Waals surface area contributed by atoms with E-state index in [0.717, 1.165) is 0 Å². The van der Waals surface area contributed by atoms with Gasteiger partial charge in [-0.1, -0.05) is 0 Å². The first-order valence-corrected chi connectivity index (χ1v) is 3.56. The second-order valence-electron chi connectivity index (χ2n) is 0.495. The number of rotatable bonds is 0. The van der Waals surface area contributed by atoms with E-state index in [1.54, 1.807) is 0 Å². The first-order chi connectivity index (χ1) is 3.15. The van der Waals surface area contributed by atoms with Crippen molar-refractivity contribution in [1.29, 1.82) is 0 Å². The van der Waals surface area contributed by atoms with E-state index < -0.39 is 24.1 Å². The molecule has 0 bridgehead atoms. The second-order valence-corrected chi connectivity index (χ2v) is 0.919. The second kappa shape index (κ2) is 15.7. The predicted octanol–water partition coefficient (Wildman–Crippen LogP) is 0.0945. The van der Waals surface area contributed by atoms with Gasteiger partial charge in [0.05, 0.1) is 6.92 Å². The van der Waals surface area contributed by atoms with Crippen LogP contribution in [0.3, 0.4) is 0 Å². The molecule has 1 N–H and O–H groups in total. The van der Waals surface area contributed by atoms with Crippen molar-refractivity contribution in [1.82, 2.24) is 0 Å². The van der Waals surface area contributed by atoms with Crippen LogP contribution in [-0.4, -0.2) is 40.6 Å². The van der Waals surface area contributed by atoms with Gasteiger partial charge < -0.3 is 5.11 Å². The van der Waals surface area contributed by atoms with E-state index in [0.29, 0.717) is 0 Å². The zero-order chi connectivity index (χ0) is 6.28. The normalized spacial score (nSPS) is 4.38. The quantitative estimate of drug-likeness (QED) is 0.545. The molecule has 8 heavy (non-hydrogen) atoms. The number of carboxylic acids is 1. The summed E-state index contributed by atoms with van der Waals surface area (Å²) in [7, 11) is 0. The summed E-state index contributed by atoms with van der Waals surface area (Å²) in [4.78, 5) is 8.89. The Hall–Kier alpha value is 0.953. The van der Waals surface area contributed by atoms with Crippen LogP contribution in [0.5, 0.6) is 0 Å². The molecule has 0 aromatic carbocycles. The molecular formula is C2H4F2NaO2Zn. The van der Waals surface area contributed by atoms with Gasteiger partial charge in [-0.25, -0.2) is 0 Å². The van der Waals surface area contributed by atoms with E-state index in [9.17, 15) is 6.63 Å². The fourth-order valence-corrected chi connectivity index (χ4v) is 0. The molecule has 6 heteroatoms. The Balaban J connectivity index is -0.0000000575. The molecule has 0 spiro atoms. The molecule has 0 unspecified atom stereocenters. The SMILES string of the molecule is [CH2]C(=O)O.[F][Zn][F].[NaH]. The number of aliphatic carboxylic acids is 1. The van der Waals surface area contributed by atoms with Crippen molar-refractivity contribution in [2.45, 2.75) is 0 Å². The summed E-state index contributed by atoms with van der Waals surface area (Å²) in [5, 5.41) is 7.31. The topological polar surface area (TPSA) is 37.3 Å². The van der Waals surface area contributed by atoms with Crippen LogP contribution in [0.25, 0.3) is 0 Å². The Kier molecular flexibility index (Phi) is 31.3. The Morgan fingerprint density at radius 3 is 1.62 bits per heavy atom. The molecule has 0 fully saturated rings. The average molecular weight is 186 g/mol. The van der Waals surface area contributed by atoms with Crippen molar-refractivity contribution in [3.8, 4) is 0 Å². The molecule has 0 rings (SSSR count). The van der Waals surface area contributed by atoms with E-state index in [-0.39, 0.29) is 29.6 Å². The van der Waals surface area contributed by atoms with Gasteiger partial charge in [0.25, 0.3) is 0 Å². The fourth-order valence-electron chi connectivity index (χ4n) is 0. The van der Waals surface area contributed by atoms with Crippen molar-refractivity contribution >= 4 is 35.5 Å². The van der Waals surface area contributed by atoms with Gasteiger partial charge >= 0.3 is 60.3 Å². The molecule has 0 saturated carbocycles. The third kappa shape index (κ3) is 271. The monoisotopic (exact) mass is 185 g/mol. The molecular weight excluding hydrogens is 182 g/mol. The summed E-state index contributed by atoms with van der Waals surface area (Å²) >= 11 is -2.88. The first kappa shape index (κ1) is 16.0. The number of hydrogen-bond donors (Lipinski definition) is 1. The van der Waals surface area contributed by atoms with Crippen molar-refractivity contribution < 1.29 is 34.7 Å². The van der Waals surface area contributed by atoms with Crippen molar-refractivity contribution in [2.75, 3.05) is 0 Å². The van der Waals surface area contributed by atoms with Gasteiger partial charge in [-0.05, 0) is 0 Å². The van der Waals surface area contributed by atoms with E-state index in [1.807, 2.05) is 0 Å². The summed E-state index contributed by atoms with van der Waals surface area (Å²) in [6.45, 7) is 2.56. The summed E-state index contributed by atoms with van der Waals surface area (Å²) in [5.74, 6) is -1.08. The van der Waals surface area contributed by atoms with Crippen LogP contribution in [0, 0.1) is 6.92 Å². The standard InChI is InChI=1S/C2H3O2.2FH.Na.Zn.H/c1-2(3)4;;;;;/h1H2,(H,3,4);2*1H;;;/q;;;;+2;/p-2. The molecule has 0 aromatic rings. The van der Waals surface area contributed by atoms with Gasteiger partial charge in [-0.15, -0.1) is 0 Å². The fraction of sp³-hybridized carbons (Fsp3) is 0. The van der Waals surface area contributed by atoms with E-state index in [4.69, 9.17) is 9.90 Å². The predicted molar refractivity (Wildman–Crippen MR) is 22.4 cm³/mol. The van der Waals surface area contributed by atoms with Gasteiger partial charge in [0.15, 0.2) is 0 Å².